The first-order valence-corrected chi connectivity index (χ1v) is 8.76. The number of benzene rings is 1. The molecular formula is C19H21N3OS. The number of anilines is 2. The summed E-state index contributed by atoms with van der Waals surface area (Å²) in [5, 5.41) is 3.77. The van der Waals surface area contributed by atoms with Crippen LogP contribution in [-0.4, -0.2) is 10.9 Å². The number of hydrogen-bond acceptors (Lipinski definition) is 4. The standard InChI is InChI=1S/C19H21N3OS/c1-10(2)15-8-7-14-16(20)17(24-19(14)22-15)18(23)21-13-6-5-11(3)12(4)9-13/h5-10H,20H2,1-4H3,(H,21,23). The van der Waals surface area contributed by atoms with Crippen LogP contribution in [0.3, 0.4) is 0 Å². The van der Waals surface area contributed by atoms with Gasteiger partial charge in [-0.25, -0.2) is 4.98 Å². The van der Waals surface area contributed by atoms with E-state index in [9.17, 15) is 4.79 Å². The highest BCUT2D eigenvalue weighted by Gasteiger charge is 2.18. The Morgan fingerprint density at radius 1 is 1.17 bits per heavy atom. The fourth-order valence-electron chi connectivity index (χ4n) is 2.51. The molecular weight excluding hydrogens is 318 g/mol. The number of nitrogens with zero attached hydrogens (tertiary/aromatic N) is 1. The summed E-state index contributed by atoms with van der Waals surface area (Å²) in [6, 6.07) is 9.79. The van der Waals surface area contributed by atoms with Gasteiger partial charge in [-0.3, -0.25) is 4.79 Å². The van der Waals surface area contributed by atoms with E-state index >= 15 is 0 Å². The summed E-state index contributed by atoms with van der Waals surface area (Å²) < 4.78 is 0. The maximum atomic E-state index is 12.6. The Morgan fingerprint density at radius 3 is 2.58 bits per heavy atom. The van der Waals surface area contributed by atoms with Crippen LogP contribution >= 0.6 is 11.3 Å². The highest BCUT2D eigenvalue weighted by atomic mass is 32.1. The molecule has 0 radical (unpaired) electrons. The Labute approximate surface area is 145 Å². The molecule has 0 bridgehead atoms. The summed E-state index contributed by atoms with van der Waals surface area (Å²) in [6.45, 7) is 8.26. The fourth-order valence-corrected chi connectivity index (χ4v) is 3.50. The van der Waals surface area contributed by atoms with E-state index in [1.807, 2.05) is 44.2 Å². The van der Waals surface area contributed by atoms with Crippen LogP contribution < -0.4 is 11.1 Å². The predicted octanol–water partition coefficient (Wildman–Crippen LogP) is 4.87. The summed E-state index contributed by atoms with van der Waals surface area (Å²) in [5.41, 5.74) is 10.8. The molecule has 0 unspecified atom stereocenters. The van der Waals surface area contributed by atoms with Crippen molar-refractivity contribution in [2.45, 2.75) is 33.6 Å². The minimum atomic E-state index is -0.190. The van der Waals surface area contributed by atoms with Gasteiger partial charge in [0.2, 0.25) is 0 Å². The van der Waals surface area contributed by atoms with Crippen LogP contribution in [0.1, 0.15) is 46.3 Å². The quantitative estimate of drug-likeness (QED) is 0.715. The van der Waals surface area contributed by atoms with Gasteiger partial charge in [-0.05, 0) is 55.2 Å². The third kappa shape index (κ3) is 2.99. The molecule has 0 spiro atoms. The lowest BCUT2D eigenvalue weighted by Crippen LogP contribution is -2.12. The van der Waals surface area contributed by atoms with E-state index < -0.39 is 0 Å². The maximum Gasteiger partial charge on any atom is 0.267 e. The van der Waals surface area contributed by atoms with Crippen molar-refractivity contribution >= 4 is 38.8 Å². The molecule has 124 valence electrons. The number of amides is 1. The largest absolute Gasteiger partial charge is 0.397 e. The van der Waals surface area contributed by atoms with Crippen LogP contribution in [0.15, 0.2) is 30.3 Å². The van der Waals surface area contributed by atoms with Crippen LogP contribution in [0, 0.1) is 13.8 Å². The molecule has 0 fully saturated rings. The zero-order valence-electron chi connectivity index (χ0n) is 14.3. The molecule has 0 saturated heterocycles. The van der Waals surface area contributed by atoms with E-state index in [1.165, 1.54) is 16.9 Å². The first-order valence-electron chi connectivity index (χ1n) is 7.94. The zero-order chi connectivity index (χ0) is 17.4. The molecule has 2 aromatic heterocycles. The van der Waals surface area contributed by atoms with Gasteiger partial charge in [0.1, 0.15) is 9.71 Å². The molecule has 5 heteroatoms. The highest BCUT2D eigenvalue weighted by molar-refractivity contribution is 7.21. The molecule has 24 heavy (non-hydrogen) atoms. The number of aryl methyl sites for hydroxylation is 2. The number of carbonyl (C=O) groups excluding carboxylic acids is 1. The summed E-state index contributed by atoms with van der Waals surface area (Å²) in [4.78, 5) is 18.6. The Balaban J connectivity index is 1.94. The number of aromatic nitrogens is 1. The number of nitrogens with two attached hydrogens (primary N) is 1. The number of pyridine rings is 1. The van der Waals surface area contributed by atoms with Gasteiger partial charge in [-0.1, -0.05) is 19.9 Å². The minimum Gasteiger partial charge on any atom is -0.397 e. The lowest BCUT2D eigenvalue weighted by Gasteiger charge is -2.07. The van der Waals surface area contributed by atoms with E-state index in [0.29, 0.717) is 16.5 Å². The maximum absolute atomic E-state index is 12.6. The summed E-state index contributed by atoms with van der Waals surface area (Å²) in [7, 11) is 0. The van der Waals surface area contributed by atoms with Gasteiger partial charge >= 0.3 is 0 Å². The second kappa shape index (κ2) is 6.24. The smallest absolute Gasteiger partial charge is 0.267 e. The van der Waals surface area contributed by atoms with E-state index in [-0.39, 0.29) is 5.91 Å². The molecule has 3 aromatic rings. The Kier molecular flexibility index (Phi) is 4.28. The van der Waals surface area contributed by atoms with E-state index in [0.717, 1.165) is 27.2 Å². The van der Waals surface area contributed by atoms with Gasteiger partial charge in [0, 0.05) is 16.8 Å². The van der Waals surface area contributed by atoms with Gasteiger partial charge in [0.05, 0.1) is 5.69 Å². The summed E-state index contributed by atoms with van der Waals surface area (Å²) >= 11 is 1.34. The zero-order valence-corrected chi connectivity index (χ0v) is 15.1. The predicted molar refractivity (Wildman–Crippen MR) is 102 cm³/mol. The normalized spacial score (nSPS) is 11.2. The molecule has 3 N–H and O–H groups in total. The topological polar surface area (TPSA) is 68.0 Å². The van der Waals surface area contributed by atoms with Crippen LogP contribution in [0.5, 0.6) is 0 Å². The molecule has 3 rings (SSSR count). The number of nitrogen functional groups attached to an aromatic ring is 1. The second-order valence-corrected chi connectivity index (χ2v) is 7.34. The average Bonchev–Trinajstić information content (AvgIpc) is 2.87. The fraction of sp³-hybridized carbons (Fsp3) is 0.263. The monoisotopic (exact) mass is 339 g/mol. The van der Waals surface area contributed by atoms with Gasteiger partial charge in [0.25, 0.3) is 5.91 Å². The molecule has 1 aromatic carbocycles. The lowest BCUT2D eigenvalue weighted by molar-refractivity contribution is 0.103. The van der Waals surface area contributed by atoms with Crippen molar-refractivity contribution < 1.29 is 4.79 Å². The molecule has 0 aliphatic heterocycles. The van der Waals surface area contributed by atoms with Crippen LogP contribution in [-0.2, 0) is 0 Å². The molecule has 2 heterocycles. The van der Waals surface area contributed by atoms with Crippen LogP contribution in [0.2, 0.25) is 0 Å². The van der Waals surface area contributed by atoms with Crippen LogP contribution in [0.4, 0.5) is 11.4 Å². The molecule has 0 saturated carbocycles. The summed E-state index contributed by atoms with van der Waals surface area (Å²) in [6.07, 6.45) is 0. The number of nitrogens with one attached hydrogen (secondary N) is 1. The molecule has 1 amide bonds. The number of rotatable bonds is 3. The van der Waals surface area contributed by atoms with Crippen LogP contribution in [0.25, 0.3) is 10.2 Å². The molecule has 0 aliphatic rings. The van der Waals surface area contributed by atoms with Gasteiger partial charge in [-0.2, -0.15) is 0 Å². The number of fused-ring (bicyclic) bond motifs is 1. The Hall–Kier alpha value is -2.40. The minimum absolute atomic E-state index is 0.190. The van der Waals surface area contributed by atoms with Crippen molar-refractivity contribution in [3.05, 3.63) is 52.0 Å². The van der Waals surface area contributed by atoms with Crippen molar-refractivity contribution in [2.24, 2.45) is 0 Å². The number of thiophene rings is 1. The second-order valence-electron chi connectivity index (χ2n) is 6.34. The molecule has 4 nitrogen and oxygen atoms in total. The van der Waals surface area contributed by atoms with Gasteiger partial charge < -0.3 is 11.1 Å². The molecule has 0 aliphatic carbocycles. The average molecular weight is 339 g/mol. The Bertz CT molecular complexity index is 928. The van der Waals surface area contributed by atoms with Crippen molar-refractivity contribution in [1.82, 2.24) is 4.98 Å². The first-order chi connectivity index (χ1) is 11.4. The van der Waals surface area contributed by atoms with E-state index in [2.05, 4.69) is 24.1 Å². The van der Waals surface area contributed by atoms with E-state index in [1.54, 1.807) is 0 Å². The third-order valence-electron chi connectivity index (χ3n) is 4.18. The number of hydrogen-bond donors (Lipinski definition) is 2. The van der Waals surface area contributed by atoms with Crippen molar-refractivity contribution in [3.8, 4) is 0 Å². The third-order valence-corrected chi connectivity index (χ3v) is 5.29. The molecule has 0 atom stereocenters. The number of carbonyl (C=O) groups is 1. The van der Waals surface area contributed by atoms with Crippen molar-refractivity contribution in [2.75, 3.05) is 11.1 Å². The highest BCUT2D eigenvalue weighted by Crippen LogP contribution is 2.34. The van der Waals surface area contributed by atoms with Gasteiger partial charge in [0.15, 0.2) is 0 Å². The summed E-state index contributed by atoms with van der Waals surface area (Å²) in [5.74, 6) is 0.149. The Morgan fingerprint density at radius 2 is 1.92 bits per heavy atom. The lowest BCUT2D eigenvalue weighted by atomic mass is 10.1. The van der Waals surface area contributed by atoms with Gasteiger partial charge in [-0.15, -0.1) is 11.3 Å². The SMILES string of the molecule is Cc1ccc(NC(=O)c2sc3nc(C(C)C)ccc3c2N)cc1C. The van der Waals surface area contributed by atoms with E-state index in [4.69, 9.17) is 5.73 Å². The van der Waals surface area contributed by atoms with Crippen molar-refractivity contribution in [1.29, 1.82) is 0 Å². The van der Waals surface area contributed by atoms with Crippen molar-refractivity contribution in [3.63, 3.8) is 0 Å². The first kappa shape index (κ1) is 16.5.